The van der Waals surface area contributed by atoms with Gasteiger partial charge in [-0.25, -0.2) is 0 Å². The first-order valence-corrected chi connectivity index (χ1v) is 7.48. The van der Waals surface area contributed by atoms with Crippen LogP contribution in [0.3, 0.4) is 0 Å². The SMILES string of the molecule is CN(C)c1cccc(OC2CC3(CCC2O)OCCO3)c1. The Bertz CT molecular complexity index is 485. The van der Waals surface area contributed by atoms with Crippen molar-refractivity contribution in [1.29, 1.82) is 0 Å². The molecule has 1 spiro atoms. The number of nitrogens with zero attached hydrogens (tertiary/aromatic N) is 1. The van der Waals surface area contributed by atoms with E-state index < -0.39 is 11.9 Å². The van der Waals surface area contributed by atoms with Gasteiger partial charge in [-0.05, 0) is 18.6 Å². The molecule has 5 nitrogen and oxygen atoms in total. The second-order valence-corrected chi connectivity index (χ2v) is 5.97. The highest BCUT2D eigenvalue weighted by Gasteiger charge is 2.45. The highest BCUT2D eigenvalue weighted by Crippen LogP contribution is 2.37. The maximum atomic E-state index is 10.2. The van der Waals surface area contributed by atoms with Gasteiger partial charge in [0, 0.05) is 38.7 Å². The van der Waals surface area contributed by atoms with Gasteiger partial charge in [0.15, 0.2) is 5.79 Å². The van der Waals surface area contributed by atoms with E-state index in [2.05, 4.69) is 0 Å². The van der Waals surface area contributed by atoms with E-state index in [1.807, 2.05) is 43.3 Å². The fourth-order valence-corrected chi connectivity index (χ4v) is 2.99. The quantitative estimate of drug-likeness (QED) is 0.921. The summed E-state index contributed by atoms with van der Waals surface area (Å²) in [4.78, 5) is 2.02. The number of hydrogen-bond donors (Lipinski definition) is 1. The van der Waals surface area contributed by atoms with Crippen molar-refractivity contribution in [3.8, 4) is 5.75 Å². The Morgan fingerprint density at radius 1 is 1.29 bits per heavy atom. The topological polar surface area (TPSA) is 51.2 Å². The number of anilines is 1. The van der Waals surface area contributed by atoms with Gasteiger partial charge in [-0.15, -0.1) is 0 Å². The second kappa shape index (κ2) is 5.83. The fourth-order valence-electron chi connectivity index (χ4n) is 2.99. The van der Waals surface area contributed by atoms with Crippen molar-refractivity contribution in [3.63, 3.8) is 0 Å². The van der Waals surface area contributed by atoms with Crippen LogP contribution in [0.5, 0.6) is 5.75 Å². The van der Waals surface area contributed by atoms with Crippen molar-refractivity contribution in [2.75, 3.05) is 32.2 Å². The summed E-state index contributed by atoms with van der Waals surface area (Å²) in [6.45, 7) is 1.25. The van der Waals surface area contributed by atoms with Crippen LogP contribution in [0.4, 0.5) is 5.69 Å². The molecule has 1 N–H and O–H groups in total. The molecule has 5 heteroatoms. The molecule has 1 aromatic rings. The molecule has 0 radical (unpaired) electrons. The third-order valence-corrected chi connectivity index (χ3v) is 4.20. The summed E-state index contributed by atoms with van der Waals surface area (Å²) < 4.78 is 17.5. The normalized spacial score (nSPS) is 27.8. The van der Waals surface area contributed by atoms with E-state index in [9.17, 15) is 5.11 Å². The van der Waals surface area contributed by atoms with E-state index in [0.717, 1.165) is 17.9 Å². The maximum Gasteiger partial charge on any atom is 0.172 e. The van der Waals surface area contributed by atoms with Gasteiger partial charge in [-0.1, -0.05) is 6.07 Å². The summed E-state index contributed by atoms with van der Waals surface area (Å²) in [5.74, 6) is 0.212. The van der Waals surface area contributed by atoms with Crippen LogP contribution < -0.4 is 9.64 Å². The molecule has 2 aliphatic rings. The van der Waals surface area contributed by atoms with Crippen molar-refractivity contribution < 1.29 is 19.3 Å². The van der Waals surface area contributed by atoms with Crippen LogP contribution in [0.1, 0.15) is 19.3 Å². The smallest absolute Gasteiger partial charge is 0.172 e. The van der Waals surface area contributed by atoms with Crippen molar-refractivity contribution in [2.45, 2.75) is 37.3 Å². The summed E-state index contributed by atoms with van der Waals surface area (Å²) in [6.07, 6.45) is 1.16. The van der Waals surface area contributed by atoms with Crippen molar-refractivity contribution in [2.24, 2.45) is 0 Å². The molecule has 1 aliphatic carbocycles. The molecule has 0 aromatic heterocycles. The van der Waals surface area contributed by atoms with Gasteiger partial charge < -0.3 is 24.2 Å². The third-order valence-electron chi connectivity index (χ3n) is 4.20. The first-order valence-electron chi connectivity index (χ1n) is 7.48. The Labute approximate surface area is 125 Å². The van der Waals surface area contributed by atoms with Crippen molar-refractivity contribution >= 4 is 5.69 Å². The zero-order chi connectivity index (χ0) is 14.9. The number of benzene rings is 1. The Hall–Kier alpha value is -1.30. The molecule has 0 bridgehead atoms. The summed E-state index contributed by atoms with van der Waals surface area (Å²) in [7, 11) is 3.98. The van der Waals surface area contributed by atoms with E-state index in [0.29, 0.717) is 26.1 Å². The molecule has 21 heavy (non-hydrogen) atoms. The summed E-state index contributed by atoms with van der Waals surface area (Å²) in [5, 5.41) is 10.2. The molecule has 1 saturated carbocycles. The highest BCUT2D eigenvalue weighted by atomic mass is 16.7. The van der Waals surface area contributed by atoms with Gasteiger partial charge in [0.2, 0.25) is 0 Å². The van der Waals surface area contributed by atoms with Crippen LogP contribution in [0.25, 0.3) is 0 Å². The molecule has 2 fully saturated rings. The van der Waals surface area contributed by atoms with Crippen LogP contribution in [0.2, 0.25) is 0 Å². The molecule has 2 unspecified atom stereocenters. The van der Waals surface area contributed by atoms with E-state index in [1.54, 1.807) is 0 Å². The zero-order valence-electron chi connectivity index (χ0n) is 12.6. The first kappa shape index (κ1) is 14.6. The molecule has 0 amide bonds. The lowest BCUT2D eigenvalue weighted by atomic mass is 9.89. The van der Waals surface area contributed by atoms with Gasteiger partial charge in [0.25, 0.3) is 0 Å². The Morgan fingerprint density at radius 3 is 2.76 bits per heavy atom. The number of hydrogen-bond acceptors (Lipinski definition) is 5. The number of ether oxygens (including phenoxy) is 3. The molecular weight excluding hydrogens is 270 g/mol. The fraction of sp³-hybridized carbons (Fsp3) is 0.625. The lowest BCUT2D eigenvalue weighted by molar-refractivity contribution is -0.209. The van der Waals surface area contributed by atoms with Crippen molar-refractivity contribution in [3.05, 3.63) is 24.3 Å². The zero-order valence-corrected chi connectivity index (χ0v) is 12.6. The van der Waals surface area contributed by atoms with Crippen LogP contribution >= 0.6 is 0 Å². The van der Waals surface area contributed by atoms with Gasteiger partial charge in [-0.3, -0.25) is 0 Å². The molecule has 1 heterocycles. The predicted octanol–water partition coefficient (Wildman–Crippen LogP) is 1.79. The monoisotopic (exact) mass is 293 g/mol. The van der Waals surface area contributed by atoms with Crippen LogP contribution in [0, 0.1) is 0 Å². The van der Waals surface area contributed by atoms with Gasteiger partial charge in [0.05, 0.1) is 19.3 Å². The molecule has 1 saturated heterocycles. The number of aliphatic hydroxyl groups excluding tert-OH is 1. The summed E-state index contributed by atoms with van der Waals surface area (Å²) >= 11 is 0. The average molecular weight is 293 g/mol. The van der Waals surface area contributed by atoms with Gasteiger partial charge in [0.1, 0.15) is 11.9 Å². The second-order valence-electron chi connectivity index (χ2n) is 5.97. The lowest BCUT2D eigenvalue weighted by Crippen LogP contribution is -2.47. The van der Waals surface area contributed by atoms with E-state index in [1.165, 1.54) is 0 Å². The third kappa shape index (κ3) is 3.15. The molecule has 3 rings (SSSR count). The Kier molecular flexibility index (Phi) is 4.06. The molecule has 1 aliphatic heterocycles. The number of rotatable bonds is 3. The van der Waals surface area contributed by atoms with Crippen molar-refractivity contribution in [1.82, 2.24) is 0 Å². The average Bonchev–Trinajstić information content (AvgIpc) is 2.92. The van der Waals surface area contributed by atoms with Gasteiger partial charge >= 0.3 is 0 Å². The van der Waals surface area contributed by atoms with E-state index in [4.69, 9.17) is 14.2 Å². The van der Waals surface area contributed by atoms with Crippen LogP contribution in [-0.2, 0) is 9.47 Å². The van der Waals surface area contributed by atoms with E-state index >= 15 is 0 Å². The predicted molar refractivity (Wildman–Crippen MR) is 79.7 cm³/mol. The molecular formula is C16H23NO4. The summed E-state index contributed by atoms with van der Waals surface area (Å²) in [5.41, 5.74) is 1.07. The first-order chi connectivity index (χ1) is 10.1. The van der Waals surface area contributed by atoms with Gasteiger partial charge in [-0.2, -0.15) is 0 Å². The minimum absolute atomic E-state index is 0.297. The Morgan fingerprint density at radius 2 is 2.05 bits per heavy atom. The molecule has 2 atom stereocenters. The van der Waals surface area contributed by atoms with E-state index in [-0.39, 0.29) is 6.10 Å². The highest BCUT2D eigenvalue weighted by molar-refractivity contribution is 5.49. The standard InChI is InChI=1S/C16H23NO4/c1-17(2)12-4-3-5-13(10-12)21-15-11-16(7-6-14(15)18)19-8-9-20-16/h3-5,10,14-15,18H,6-9,11H2,1-2H3. The Balaban J connectivity index is 1.72. The number of aliphatic hydroxyl groups is 1. The summed E-state index contributed by atoms with van der Waals surface area (Å²) in [6, 6.07) is 7.87. The van der Waals surface area contributed by atoms with Crippen LogP contribution in [-0.4, -0.2) is 50.4 Å². The molecule has 1 aromatic carbocycles. The molecule has 116 valence electrons. The van der Waals surface area contributed by atoms with Crippen LogP contribution in [0.15, 0.2) is 24.3 Å². The maximum absolute atomic E-state index is 10.2. The lowest BCUT2D eigenvalue weighted by Gasteiger charge is -2.38. The minimum atomic E-state index is -0.553. The minimum Gasteiger partial charge on any atom is -0.487 e. The largest absolute Gasteiger partial charge is 0.487 e.